The fraction of sp³-hybridized carbons (Fsp3) is 0.118. The molecular weight excluding hydrogens is 333 g/mol. The summed E-state index contributed by atoms with van der Waals surface area (Å²) in [7, 11) is 0. The highest BCUT2D eigenvalue weighted by atomic mass is 35.5. The number of nitrogens with zero attached hydrogens (tertiary/aromatic N) is 1. The quantitative estimate of drug-likeness (QED) is 0.767. The molecule has 0 fully saturated rings. The minimum absolute atomic E-state index is 0.130. The molecule has 0 spiro atoms. The van der Waals surface area contributed by atoms with Crippen molar-refractivity contribution in [1.29, 1.82) is 5.26 Å². The van der Waals surface area contributed by atoms with Crippen LogP contribution in [0, 0.1) is 17.1 Å². The van der Waals surface area contributed by atoms with Gasteiger partial charge in [0.15, 0.2) is 0 Å². The zero-order valence-corrected chi connectivity index (χ0v) is 13.6. The van der Waals surface area contributed by atoms with Gasteiger partial charge in [0.05, 0.1) is 22.3 Å². The van der Waals surface area contributed by atoms with Crippen molar-refractivity contribution in [3.63, 3.8) is 0 Å². The Balaban J connectivity index is 1.62. The second-order valence-electron chi connectivity index (χ2n) is 5.07. The summed E-state index contributed by atoms with van der Waals surface area (Å²) in [4.78, 5) is 1.07. The number of benzene rings is 2. The molecule has 0 aliphatic carbocycles. The standard InChI is InChI=1S/C17H13ClFN3S/c18-14-8-17(15(19)6-12(14)9-20)22-23-13-7-16(21-10-13)11-4-2-1-3-5-11/h1-6,8,10,16,21-22H,7H2. The monoisotopic (exact) mass is 345 g/mol. The maximum absolute atomic E-state index is 13.9. The lowest BCUT2D eigenvalue weighted by molar-refractivity contribution is 0.632. The van der Waals surface area contributed by atoms with E-state index in [4.69, 9.17) is 16.9 Å². The Morgan fingerprint density at radius 2 is 2.09 bits per heavy atom. The second kappa shape index (κ2) is 6.95. The summed E-state index contributed by atoms with van der Waals surface area (Å²) in [5.41, 5.74) is 1.61. The van der Waals surface area contributed by atoms with E-state index in [1.807, 2.05) is 30.5 Å². The number of hydrogen-bond donors (Lipinski definition) is 2. The van der Waals surface area contributed by atoms with Gasteiger partial charge in [-0.05, 0) is 29.6 Å². The molecule has 0 saturated heterocycles. The lowest BCUT2D eigenvalue weighted by Gasteiger charge is -2.12. The van der Waals surface area contributed by atoms with E-state index < -0.39 is 5.82 Å². The normalized spacial score (nSPS) is 16.4. The molecule has 0 amide bonds. The summed E-state index contributed by atoms with van der Waals surface area (Å²) in [6.07, 6.45) is 2.76. The number of nitrogens with one attached hydrogen (secondary N) is 2. The van der Waals surface area contributed by atoms with Crippen molar-refractivity contribution in [2.24, 2.45) is 0 Å². The highest BCUT2D eigenvalue weighted by molar-refractivity contribution is 8.04. The van der Waals surface area contributed by atoms with Crippen LogP contribution in [0.2, 0.25) is 5.02 Å². The van der Waals surface area contributed by atoms with Crippen molar-refractivity contribution in [1.82, 2.24) is 5.32 Å². The maximum atomic E-state index is 13.9. The molecule has 1 unspecified atom stereocenters. The van der Waals surface area contributed by atoms with Gasteiger partial charge in [0.2, 0.25) is 0 Å². The van der Waals surface area contributed by atoms with Crippen LogP contribution in [0.15, 0.2) is 53.6 Å². The molecule has 3 nitrogen and oxygen atoms in total. The van der Waals surface area contributed by atoms with E-state index in [9.17, 15) is 4.39 Å². The third kappa shape index (κ3) is 3.61. The Bertz CT molecular complexity index is 786. The molecule has 2 aromatic carbocycles. The zero-order chi connectivity index (χ0) is 16.2. The molecule has 1 aliphatic heterocycles. The van der Waals surface area contributed by atoms with E-state index in [2.05, 4.69) is 22.2 Å². The van der Waals surface area contributed by atoms with Crippen LogP contribution in [0.1, 0.15) is 23.6 Å². The van der Waals surface area contributed by atoms with Gasteiger partial charge in [0, 0.05) is 17.5 Å². The first-order valence-corrected chi connectivity index (χ1v) is 8.19. The van der Waals surface area contributed by atoms with Crippen LogP contribution < -0.4 is 10.0 Å². The summed E-state index contributed by atoms with van der Waals surface area (Å²) < 4.78 is 16.9. The molecule has 2 N–H and O–H groups in total. The zero-order valence-electron chi connectivity index (χ0n) is 12.0. The SMILES string of the molecule is N#Cc1cc(F)c(NSC2=CNC(c3ccccc3)C2)cc1Cl. The fourth-order valence-corrected chi connectivity index (χ4v) is 3.29. The highest BCUT2D eigenvalue weighted by Gasteiger charge is 2.19. The van der Waals surface area contributed by atoms with E-state index in [1.54, 1.807) is 0 Å². The molecule has 0 aromatic heterocycles. The first-order chi connectivity index (χ1) is 11.2. The Morgan fingerprint density at radius 1 is 1.30 bits per heavy atom. The van der Waals surface area contributed by atoms with Gasteiger partial charge in [-0.1, -0.05) is 41.9 Å². The number of halogens is 2. The molecule has 0 radical (unpaired) electrons. The van der Waals surface area contributed by atoms with Gasteiger partial charge >= 0.3 is 0 Å². The fourth-order valence-electron chi connectivity index (χ4n) is 2.31. The van der Waals surface area contributed by atoms with Crippen molar-refractivity contribution in [3.8, 4) is 6.07 Å². The van der Waals surface area contributed by atoms with Crippen molar-refractivity contribution in [2.75, 3.05) is 4.72 Å². The third-order valence-corrected chi connectivity index (χ3v) is 4.70. The highest BCUT2D eigenvalue weighted by Crippen LogP contribution is 2.34. The Hall–Kier alpha value is -2.16. The van der Waals surface area contributed by atoms with Crippen LogP contribution in [0.25, 0.3) is 0 Å². The van der Waals surface area contributed by atoms with Gasteiger partial charge in [-0.2, -0.15) is 5.26 Å². The summed E-state index contributed by atoms with van der Waals surface area (Å²) in [5, 5.41) is 12.4. The predicted octanol–water partition coefficient (Wildman–Crippen LogP) is 4.99. The summed E-state index contributed by atoms with van der Waals surface area (Å²) >= 11 is 7.27. The van der Waals surface area contributed by atoms with Crippen LogP contribution in [-0.4, -0.2) is 0 Å². The molecule has 3 rings (SSSR count). The first-order valence-electron chi connectivity index (χ1n) is 6.99. The minimum Gasteiger partial charge on any atom is -0.383 e. The van der Waals surface area contributed by atoms with Gasteiger partial charge in [-0.15, -0.1) is 0 Å². The van der Waals surface area contributed by atoms with Gasteiger partial charge < -0.3 is 10.0 Å². The number of hydrogen-bond acceptors (Lipinski definition) is 4. The van der Waals surface area contributed by atoms with Gasteiger partial charge in [-0.3, -0.25) is 0 Å². The number of rotatable bonds is 4. The van der Waals surface area contributed by atoms with Crippen LogP contribution in [0.3, 0.4) is 0 Å². The molecule has 6 heteroatoms. The molecule has 0 bridgehead atoms. The lowest BCUT2D eigenvalue weighted by Crippen LogP contribution is -2.08. The topological polar surface area (TPSA) is 47.9 Å². The predicted molar refractivity (Wildman–Crippen MR) is 92.4 cm³/mol. The van der Waals surface area contributed by atoms with E-state index in [0.29, 0.717) is 0 Å². The Labute approximate surface area is 143 Å². The van der Waals surface area contributed by atoms with Gasteiger partial charge in [0.1, 0.15) is 11.9 Å². The molecule has 2 aromatic rings. The largest absolute Gasteiger partial charge is 0.383 e. The van der Waals surface area contributed by atoms with Gasteiger partial charge in [0.25, 0.3) is 0 Å². The molecule has 1 heterocycles. The van der Waals surface area contributed by atoms with Crippen LogP contribution in [0.4, 0.5) is 10.1 Å². The van der Waals surface area contributed by atoms with Crippen molar-refractivity contribution >= 4 is 29.2 Å². The molecule has 23 heavy (non-hydrogen) atoms. The van der Waals surface area contributed by atoms with Gasteiger partial charge in [-0.25, -0.2) is 4.39 Å². The summed E-state index contributed by atoms with van der Waals surface area (Å²) in [6.45, 7) is 0. The molecular formula is C17H13ClFN3S. The molecule has 116 valence electrons. The average molecular weight is 346 g/mol. The minimum atomic E-state index is -0.496. The first kappa shape index (κ1) is 15.7. The molecule has 1 aliphatic rings. The summed E-state index contributed by atoms with van der Waals surface area (Å²) in [6, 6.07) is 14.8. The Kier molecular flexibility index (Phi) is 4.75. The van der Waals surface area contributed by atoms with Crippen molar-refractivity contribution in [3.05, 3.63) is 75.5 Å². The summed E-state index contributed by atoms with van der Waals surface area (Å²) in [5.74, 6) is -0.496. The lowest BCUT2D eigenvalue weighted by atomic mass is 10.1. The third-order valence-electron chi connectivity index (χ3n) is 3.52. The van der Waals surface area contributed by atoms with E-state index >= 15 is 0 Å². The number of anilines is 1. The van der Waals surface area contributed by atoms with E-state index in [-0.39, 0.29) is 22.3 Å². The van der Waals surface area contributed by atoms with E-state index in [1.165, 1.54) is 23.6 Å². The number of nitriles is 1. The van der Waals surface area contributed by atoms with Crippen LogP contribution in [0.5, 0.6) is 0 Å². The smallest absolute Gasteiger partial charge is 0.148 e. The molecule has 0 saturated carbocycles. The van der Waals surface area contributed by atoms with Crippen LogP contribution >= 0.6 is 23.5 Å². The second-order valence-corrected chi connectivity index (χ2v) is 6.41. The van der Waals surface area contributed by atoms with Crippen molar-refractivity contribution in [2.45, 2.75) is 12.5 Å². The molecule has 1 atom stereocenters. The maximum Gasteiger partial charge on any atom is 0.148 e. The average Bonchev–Trinajstić information content (AvgIpc) is 3.05. The van der Waals surface area contributed by atoms with E-state index in [0.717, 1.165) is 17.4 Å². The van der Waals surface area contributed by atoms with Crippen LogP contribution in [-0.2, 0) is 0 Å². The Morgan fingerprint density at radius 3 is 2.83 bits per heavy atom. The van der Waals surface area contributed by atoms with Crippen molar-refractivity contribution < 1.29 is 4.39 Å².